The van der Waals surface area contributed by atoms with Gasteiger partial charge in [0.15, 0.2) is 5.65 Å². The van der Waals surface area contributed by atoms with E-state index in [0.717, 1.165) is 6.42 Å². The van der Waals surface area contributed by atoms with Crippen molar-refractivity contribution < 1.29 is 4.79 Å². The maximum Gasteiger partial charge on any atom is 0.278 e. The third-order valence-electron chi connectivity index (χ3n) is 4.43. The van der Waals surface area contributed by atoms with Gasteiger partial charge in [0.05, 0.1) is 0 Å². The van der Waals surface area contributed by atoms with Crippen LogP contribution in [0, 0.1) is 0 Å². The standard InChI is InChI=1S/C20H22N4O2/c1-4-13(3)22-19(25)15-10-8-14(9-11-15)17-20(26)24(5-2)18-16(23-17)7-6-12-21-18/h6-13H,4-5H2,1-3H3,(H,22,25). The summed E-state index contributed by atoms with van der Waals surface area (Å²) in [4.78, 5) is 33.8. The number of aromatic nitrogens is 3. The first-order valence-corrected chi connectivity index (χ1v) is 8.82. The number of carbonyl (C=O) groups excluding carboxylic acids is 1. The highest BCUT2D eigenvalue weighted by atomic mass is 16.1. The minimum absolute atomic E-state index is 0.118. The fourth-order valence-corrected chi connectivity index (χ4v) is 2.75. The predicted molar refractivity (Wildman–Crippen MR) is 102 cm³/mol. The van der Waals surface area contributed by atoms with Gasteiger partial charge >= 0.3 is 0 Å². The van der Waals surface area contributed by atoms with Gasteiger partial charge in [0.25, 0.3) is 11.5 Å². The molecule has 26 heavy (non-hydrogen) atoms. The van der Waals surface area contributed by atoms with E-state index >= 15 is 0 Å². The number of hydrogen-bond donors (Lipinski definition) is 1. The van der Waals surface area contributed by atoms with E-state index in [0.29, 0.717) is 34.5 Å². The molecule has 1 aromatic carbocycles. The van der Waals surface area contributed by atoms with Gasteiger partial charge in [-0.1, -0.05) is 19.1 Å². The smallest absolute Gasteiger partial charge is 0.278 e. The van der Waals surface area contributed by atoms with Gasteiger partial charge in [-0.05, 0) is 44.5 Å². The zero-order valence-electron chi connectivity index (χ0n) is 15.2. The number of benzene rings is 1. The Balaban J connectivity index is 2.01. The Labute approximate surface area is 151 Å². The Morgan fingerprint density at radius 1 is 1.19 bits per heavy atom. The van der Waals surface area contributed by atoms with Crippen LogP contribution in [-0.4, -0.2) is 26.5 Å². The lowest BCUT2D eigenvalue weighted by Crippen LogP contribution is -2.31. The predicted octanol–water partition coefficient (Wildman–Crippen LogP) is 3.01. The molecule has 0 saturated heterocycles. The number of amides is 1. The van der Waals surface area contributed by atoms with E-state index in [1.54, 1.807) is 41.1 Å². The molecule has 0 bridgehead atoms. The third kappa shape index (κ3) is 3.35. The molecule has 1 amide bonds. The molecule has 1 unspecified atom stereocenters. The van der Waals surface area contributed by atoms with Crippen LogP contribution in [0.5, 0.6) is 0 Å². The second kappa shape index (κ2) is 7.47. The lowest BCUT2D eigenvalue weighted by Gasteiger charge is -2.12. The number of pyridine rings is 1. The first-order valence-electron chi connectivity index (χ1n) is 8.82. The van der Waals surface area contributed by atoms with Gasteiger partial charge in [-0.2, -0.15) is 0 Å². The zero-order chi connectivity index (χ0) is 18.7. The van der Waals surface area contributed by atoms with Crippen LogP contribution in [0.4, 0.5) is 0 Å². The molecular formula is C20H22N4O2. The number of rotatable bonds is 5. The molecule has 3 aromatic rings. The number of aryl methyl sites for hydroxylation is 1. The van der Waals surface area contributed by atoms with Crippen molar-refractivity contribution in [2.24, 2.45) is 0 Å². The molecule has 0 fully saturated rings. The highest BCUT2D eigenvalue weighted by Crippen LogP contribution is 2.17. The van der Waals surface area contributed by atoms with Crippen molar-refractivity contribution in [3.8, 4) is 11.3 Å². The van der Waals surface area contributed by atoms with Crippen molar-refractivity contribution in [3.63, 3.8) is 0 Å². The third-order valence-corrected chi connectivity index (χ3v) is 4.43. The zero-order valence-corrected chi connectivity index (χ0v) is 15.2. The largest absolute Gasteiger partial charge is 0.350 e. The van der Waals surface area contributed by atoms with Gasteiger partial charge in [0, 0.05) is 29.9 Å². The monoisotopic (exact) mass is 350 g/mol. The van der Waals surface area contributed by atoms with Gasteiger partial charge in [0.2, 0.25) is 0 Å². The van der Waals surface area contributed by atoms with E-state index in [1.165, 1.54) is 0 Å². The van der Waals surface area contributed by atoms with Crippen molar-refractivity contribution >= 4 is 17.1 Å². The summed E-state index contributed by atoms with van der Waals surface area (Å²) in [5, 5.41) is 2.93. The average Bonchev–Trinajstić information content (AvgIpc) is 2.67. The highest BCUT2D eigenvalue weighted by Gasteiger charge is 2.14. The summed E-state index contributed by atoms with van der Waals surface area (Å²) in [6.45, 7) is 6.40. The van der Waals surface area contributed by atoms with Crippen molar-refractivity contribution in [1.82, 2.24) is 19.9 Å². The Bertz CT molecular complexity index is 993. The van der Waals surface area contributed by atoms with Crippen molar-refractivity contribution in [3.05, 3.63) is 58.5 Å². The lowest BCUT2D eigenvalue weighted by molar-refractivity contribution is 0.0939. The molecule has 1 atom stereocenters. The maximum atomic E-state index is 12.8. The van der Waals surface area contributed by atoms with Crippen LogP contribution >= 0.6 is 0 Å². The molecule has 0 spiro atoms. The van der Waals surface area contributed by atoms with E-state index < -0.39 is 0 Å². The van der Waals surface area contributed by atoms with Crippen LogP contribution in [-0.2, 0) is 6.54 Å². The Morgan fingerprint density at radius 2 is 1.92 bits per heavy atom. The van der Waals surface area contributed by atoms with Gasteiger partial charge in [-0.15, -0.1) is 0 Å². The van der Waals surface area contributed by atoms with E-state index in [1.807, 2.05) is 26.8 Å². The summed E-state index contributed by atoms with van der Waals surface area (Å²) in [5.41, 5.74) is 2.67. The molecule has 134 valence electrons. The Hall–Kier alpha value is -3.02. The molecule has 6 nitrogen and oxygen atoms in total. The minimum atomic E-state index is -0.185. The van der Waals surface area contributed by atoms with Gasteiger partial charge in [0.1, 0.15) is 11.2 Å². The topological polar surface area (TPSA) is 76.9 Å². The number of nitrogens with zero attached hydrogens (tertiary/aromatic N) is 3. The first-order chi connectivity index (χ1) is 12.5. The summed E-state index contributed by atoms with van der Waals surface area (Å²) in [5.74, 6) is -0.118. The summed E-state index contributed by atoms with van der Waals surface area (Å²) in [7, 11) is 0. The number of nitrogens with one attached hydrogen (secondary N) is 1. The normalized spacial score (nSPS) is 12.1. The molecule has 0 aliphatic carbocycles. The fourth-order valence-electron chi connectivity index (χ4n) is 2.75. The summed E-state index contributed by atoms with van der Waals surface area (Å²) >= 11 is 0. The molecule has 1 N–H and O–H groups in total. The maximum absolute atomic E-state index is 12.8. The number of hydrogen-bond acceptors (Lipinski definition) is 4. The molecule has 2 heterocycles. The van der Waals surface area contributed by atoms with Crippen LogP contribution in [0.3, 0.4) is 0 Å². The number of fused-ring (bicyclic) bond motifs is 1. The molecule has 2 aromatic heterocycles. The van der Waals surface area contributed by atoms with Crippen LogP contribution in [0.15, 0.2) is 47.4 Å². The molecule has 0 radical (unpaired) electrons. The van der Waals surface area contributed by atoms with Crippen molar-refractivity contribution in [1.29, 1.82) is 0 Å². The average molecular weight is 350 g/mol. The first kappa shape index (κ1) is 17.8. The molecule has 0 saturated carbocycles. The molecule has 6 heteroatoms. The van der Waals surface area contributed by atoms with E-state index in [9.17, 15) is 9.59 Å². The van der Waals surface area contributed by atoms with Gasteiger partial charge < -0.3 is 5.32 Å². The fraction of sp³-hybridized carbons (Fsp3) is 0.300. The van der Waals surface area contributed by atoms with E-state index in [4.69, 9.17) is 0 Å². The van der Waals surface area contributed by atoms with Gasteiger partial charge in [-0.3, -0.25) is 14.2 Å². The van der Waals surface area contributed by atoms with Crippen LogP contribution in [0.1, 0.15) is 37.6 Å². The van der Waals surface area contributed by atoms with Crippen LogP contribution in [0.2, 0.25) is 0 Å². The quantitative estimate of drug-likeness (QED) is 0.767. The minimum Gasteiger partial charge on any atom is -0.350 e. The molecule has 3 rings (SSSR count). The van der Waals surface area contributed by atoms with E-state index in [2.05, 4.69) is 15.3 Å². The lowest BCUT2D eigenvalue weighted by atomic mass is 10.1. The number of carbonyl (C=O) groups is 1. The Morgan fingerprint density at radius 3 is 2.58 bits per heavy atom. The Kier molecular flexibility index (Phi) is 5.11. The summed E-state index contributed by atoms with van der Waals surface area (Å²) in [6, 6.07) is 10.7. The van der Waals surface area contributed by atoms with Crippen molar-refractivity contribution in [2.45, 2.75) is 39.8 Å². The second-order valence-corrected chi connectivity index (χ2v) is 6.22. The van der Waals surface area contributed by atoms with Crippen molar-refractivity contribution in [2.75, 3.05) is 0 Å². The summed E-state index contributed by atoms with van der Waals surface area (Å²) in [6.07, 6.45) is 2.52. The molecular weight excluding hydrogens is 328 g/mol. The van der Waals surface area contributed by atoms with Crippen LogP contribution in [0.25, 0.3) is 22.4 Å². The highest BCUT2D eigenvalue weighted by molar-refractivity contribution is 5.94. The molecule has 0 aliphatic heterocycles. The van der Waals surface area contributed by atoms with Gasteiger partial charge in [-0.25, -0.2) is 9.97 Å². The summed E-state index contributed by atoms with van der Waals surface area (Å²) < 4.78 is 1.61. The molecule has 0 aliphatic rings. The van der Waals surface area contributed by atoms with E-state index in [-0.39, 0.29) is 17.5 Å². The second-order valence-electron chi connectivity index (χ2n) is 6.22. The SMILES string of the molecule is CCC(C)NC(=O)c1ccc(-c2nc3cccnc3n(CC)c2=O)cc1. The van der Waals surface area contributed by atoms with Crippen LogP contribution < -0.4 is 10.9 Å².